The number of hydrogen-bond donors (Lipinski definition) is 1. The lowest BCUT2D eigenvalue weighted by Crippen LogP contribution is -2.56. The first-order valence-electron chi connectivity index (χ1n) is 7.04. The molecule has 1 aliphatic carbocycles. The van der Waals surface area contributed by atoms with Gasteiger partial charge in [0.25, 0.3) is 0 Å². The smallest absolute Gasteiger partial charge is 0.248 e. The summed E-state index contributed by atoms with van der Waals surface area (Å²) in [7, 11) is 0. The van der Waals surface area contributed by atoms with Crippen molar-refractivity contribution in [3.05, 3.63) is 0 Å². The maximum Gasteiger partial charge on any atom is 0.248 e. The Morgan fingerprint density at radius 1 is 1.32 bits per heavy atom. The Labute approximate surface area is 119 Å². The highest BCUT2D eigenvalue weighted by Gasteiger charge is 2.47. The van der Waals surface area contributed by atoms with Crippen molar-refractivity contribution in [1.29, 1.82) is 0 Å². The van der Waals surface area contributed by atoms with Crippen molar-refractivity contribution in [3.8, 4) is 0 Å². The fraction of sp³-hybridized carbons (Fsp3) is 0.857. The molecule has 0 aromatic heterocycles. The summed E-state index contributed by atoms with van der Waals surface area (Å²) in [5, 5.41) is 3.00. The first kappa shape index (κ1) is 14.7. The molecule has 0 radical (unpaired) electrons. The van der Waals surface area contributed by atoms with Crippen LogP contribution in [-0.2, 0) is 9.59 Å². The number of rotatable bonds is 3. The SMILES string of the molecule is CSC(C)(C)CN1CCC(=O)NC2(CCCC2)C1=O. The molecular weight excluding hydrogens is 260 g/mol. The van der Waals surface area contributed by atoms with E-state index in [0.717, 1.165) is 25.7 Å². The van der Waals surface area contributed by atoms with Gasteiger partial charge in [0, 0.05) is 24.3 Å². The first-order valence-corrected chi connectivity index (χ1v) is 8.27. The average molecular weight is 284 g/mol. The van der Waals surface area contributed by atoms with Crippen molar-refractivity contribution in [1.82, 2.24) is 10.2 Å². The Morgan fingerprint density at radius 3 is 2.53 bits per heavy atom. The number of nitrogens with zero attached hydrogens (tertiary/aromatic N) is 1. The predicted molar refractivity (Wildman–Crippen MR) is 78.1 cm³/mol. The molecule has 1 aliphatic heterocycles. The maximum absolute atomic E-state index is 12.8. The third-order valence-electron chi connectivity index (χ3n) is 4.27. The number of hydrogen-bond acceptors (Lipinski definition) is 3. The fourth-order valence-electron chi connectivity index (χ4n) is 3.02. The number of carbonyl (C=O) groups is 2. The molecule has 1 N–H and O–H groups in total. The summed E-state index contributed by atoms with van der Waals surface area (Å²) in [4.78, 5) is 26.6. The molecule has 2 fully saturated rings. The molecule has 1 spiro atoms. The van der Waals surface area contributed by atoms with Gasteiger partial charge in [-0.05, 0) is 32.9 Å². The van der Waals surface area contributed by atoms with Crippen molar-refractivity contribution >= 4 is 23.6 Å². The largest absolute Gasteiger partial charge is 0.342 e. The van der Waals surface area contributed by atoms with E-state index in [0.29, 0.717) is 19.5 Å². The normalized spacial score (nSPS) is 23.6. The Hall–Kier alpha value is -0.710. The molecule has 19 heavy (non-hydrogen) atoms. The molecule has 108 valence electrons. The van der Waals surface area contributed by atoms with Crippen LogP contribution >= 0.6 is 11.8 Å². The quantitative estimate of drug-likeness (QED) is 0.859. The van der Waals surface area contributed by atoms with E-state index >= 15 is 0 Å². The minimum Gasteiger partial charge on any atom is -0.342 e. The van der Waals surface area contributed by atoms with Crippen LogP contribution < -0.4 is 5.32 Å². The Balaban J connectivity index is 2.19. The summed E-state index contributed by atoms with van der Waals surface area (Å²) >= 11 is 1.76. The lowest BCUT2D eigenvalue weighted by Gasteiger charge is -2.35. The Kier molecular flexibility index (Phi) is 4.14. The highest BCUT2D eigenvalue weighted by atomic mass is 32.2. The van der Waals surface area contributed by atoms with Crippen LogP contribution in [0.1, 0.15) is 46.0 Å². The molecule has 1 saturated carbocycles. The van der Waals surface area contributed by atoms with E-state index in [-0.39, 0.29) is 16.6 Å². The molecule has 0 unspecified atom stereocenters. The van der Waals surface area contributed by atoms with E-state index in [1.54, 1.807) is 11.8 Å². The third kappa shape index (κ3) is 3.07. The lowest BCUT2D eigenvalue weighted by molar-refractivity contribution is -0.138. The molecule has 2 aliphatic rings. The van der Waals surface area contributed by atoms with Gasteiger partial charge in [-0.3, -0.25) is 9.59 Å². The van der Waals surface area contributed by atoms with E-state index in [1.165, 1.54) is 0 Å². The summed E-state index contributed by atoms with van der Waals surface area (Å²) in [5.74, 6) is 0.165. The number of thioether (sulfide) groups is 1. The average Bonchev–Trinajstić information content (AvgIpc) is 2.79. The fourth-order valence-corrected chi connectivity index (χ4v) is 3.30. The highest BCUT2D eigenvalue weighted by molar-refractivity contribution is 7.99. The molecule has 4 nitrogen and oxygen atoms in total. The van der Waals surface area contributed by atoms with E-state index in [9.17, 15) is 9.59 Å². The molecule has 1 heterocycles. The molecule has 0 aromatic carbocycles. The maximum atomic E-state index is 12.8. The van der Waals surface area contributed by atoms with Gasteiger partial charge < -0.3 is 10.2 Å². The second-order valence-electron chi connectivity index (χ2n) is 6.28. The van der Waals surface area contributed by atoms with Crippen molar-refractivity contribution < 1.29 is 9.59 Å². The molecule has 2 rings (SSSR count). The van der Waals surface area contributed by atoms with Gasteiger partial charge in [0.1, 0.15) is 5.54 Å². The van der Waals surface area contributed by atoms with Crippen LogP contribution in [0.2, 0.25) is 0 Å². The van der Waals surface area contributed by atoms with Gasteiger partial charge >= 0.3 is 0 Å². The Morgan fingerprint density at radius 2 is 1.95 bits per heavy atom. The number of carbonyl (C=O) groups excluding carboxylic acids is 2. The zero-order chi connectivity index (χ0) is 14.1. The second-order valence-corrected chi connectivity index (χ2v) is 7.79. The highest BCUT2D eigenvalue weighted by Crippen LogP contribution is 2.34. The van der Waals surface area contributed by atoms with Gasteiger partial charge in [0.05, 0.1) is 0 Å². The van der Waals surface area contributed by atoms with Crippen LogP contribution in [0.5, 0.6) is 0 Å². The molecule has 0 bridgehead atoms. The molecule has 2 amide bonds. The monoisotopic (exact) mass is 284 g/mol. The van der Waals surface area contributed by atoms with Gasteiger partial charge in [-0.25, -0.2) is 0 Å². The zero-order valence-electron chi connectivity index (χ0n) is 12.1. The van der Waals surface area contributed by atoms with Gasteiger partial charge in [-0.1, -0.05) is 12.8 Å². The van der Waals surface area contributed by atoms with Crippen LogP contribution in [0.15, 0.2) is 0 Å². The van der Waals surface area contributed by atoms with E-state index in [2.05, 4.69) is 25.4 Å². The summed E-state index contributed by atoms with van der Waals surface area (Å²) in [5.41, 5.74) is -0.595. The third-order valence-corrected chi connectivity index (χ3v) is 5.50. The van der Waals surface area contributed by atoms with Gasteiger partial charge in [0.2, 0.25) is 11.8 Å². The second kappa shape index (κ2) is 5.35. The minimum atomic E-state index is -0.595. The van der Waals surface area contributed by atoms with Crippen molar-refractivity contribution in [2.75, 3.05) is 19.3 Å². The predicted octanol–water partition coefficient (Wildman–Crippen LogP) is 1.79. The Bertz CT molecular complexity index is 376. The van der Waals surface area contributed by atoms with Crippen LogP contribution in [-0.4, -0.2) is 46.3 Å². The van der Waals surface area contributed by atoms with E-state index in [4.69, 9.17) is 0 Å². The van der Waals surface area contributed by atoms with Gasteiger partial charge in [-0.15, -0.1) is 0 Å². The van der Waals surface area contributed by atoms with Gasteiger partial charge in [-0.2, -0.15) is 11.8 Å². The lowest BCUT2D eigenvalue weighted by atomic mass is 9.95. The summed E-state index contributed by atoms with van der Waals surface area (Å²) in [6.45, 7) is 5.55. The topological polar surface area (TPSA) is 49.4 Å². The van der Waals surface area contributed by atoms with Crippen molar-refractivity contribution in [2.24, 2.45) is 0 Å². The standard InChI is InChI=1S/C14H24N2O2S/c1-13(2,19-3)10-16-9-6-11(17)15-14(12(16)18)7-4-5-8-14/h4-10H2,1-3H3,(H,15,17). The van der Waals surface area contributed by atoms with Crippen molar-refractivity contribution in [3.63, 3.8) is 0 Å². The van der Waals surface area contributed by atoms with Crippen LogP contribution in [0.4, 0.5) is 0 Å². The molecule has 0 atom stereocenters. The van der Waals surface area contributed by atoms with Crippen molar-refractivity contribution in [2.45, 2.75) is 56.2 Å². The van der Waals surface area contributed by atoms with Crippen LogP contribution in [0.3, 0.4) is 0 Å². The van der Waals surface area contributed by atoms with Crippen LogP contribution in [0.25, 0.3) is 0 Å². The molecule has 5 heteroatoms. The number of amides is 2. The van der Waals surface area contributed by atoms with E-state index in [1.807, 2.05) is 4.90 Å². The molecular formula is C14H24N2O2S. The van der Waals surface area contributed by atoms with Gasteiger partial charge in [0.15, 0.2) is 0 Å². The summed E-state index contributed by atoms with van der Waals surface area (Å²) in [6, 6.07) is 0. The zero-order valence-corrected chi connectivity index (χ0v) is 12.9. The molecule has 1 saturated heterocycles. The summed E-state index contributed by atoms with van der Waals surface area (Å²) in [6.07, 6.45) is 6.16. The molecule has 0 aromatic rings. The number of nitrogens with one attached hydrogen (secondary N) is 1. The van der Waals surface area contributed by atoms with E-state index < -0.39 is 5.54 Å². The summed E-state index contributed by atoms with van der Waals surface area (Å²) < 4.78 is 0.0306. The first-order chi connectivity index (χ1) is 8.88. The van der Waals surface area contributed by atoms with Crippen LogP contribution in [0, 0.1) is 0 Å². The minimum absolute atomic E-state index is 0.0275.